The highest BCUT2D eigenvalue weighted by Crippen LogP contribution is 2.43. The molecular weight excluding hydrogens is 685 g/mol. The van der Waals surface area contributed by atoms with Crippen molar-refractivity contribution in [3.63, 3.8) is 0 Å². The van der Waals surface area contributed by atoms with E-state index in [0.29, 0.717) is 13.0 Å². The molecule has 0 aliphatic rings. The van der Waals surface area contributed by atoms with Gasteiger partial charge in [-0.3, -0.25) is 13.8 Å². The summed E-state index contributed by atoms with van der Waals surface area (Å²) in [6.07, 6.45) is 47.4. The largest absolute Gasteiger partial charge is 0.472 e. The molecule has 0 aromatic carbocycles. The van der Waals surface area contributed by atoms with E-state index in [9.17, 15) is 14.3 Å². The van der Waals surface area contributed by atoms with Gasteiger partial charge in [0.1, 0.15) is 6.10 Å². The van der Waals surface area contributed by atoms with Gasteiger partial charge in [-0.1, -0.05) is 185 Å². The Kier molecular flexibility index (Phi) is 40.9. The molecule has 0 saturated carbocycles. The third-order valence-electron chi connectivity index (χ3n) is 9.32. The third kappa shape index (κ3) is 41.7. The van der Waals surface area contributed by atoms with Crippen LogP contribution in [0.2, 0.25) is 0 Å². The van der Waals surface area contributed by atoms with Crippen molar-refractivity contribution in [2.24, 2.45) is 5.73 Å². The Morgan fingerprint density at radius 3 is 1.58 bits per heavy atom. The first-order valence-electron chi connectivity index (χ1n) is 22.0. The van der Waals surface area contributed by atoms with Crippen LogP contribution >= 0.6 is 7.82 Å². The van der Waals surface area contributed by atoms with Crippen molar-refractivity contribution in [2.75, 3.05) is 33.0 Å². The van der Waals surface area contributed by atoms with E-state index >= 15 is 0 Å². The van der Waals surface area contributed by atoms with E-state index in [0.717, 1.165) is 70.6 Å². The van der Waals surface area contributed by atoms with Gasteiger partial charge in [-0.2, -0.15) is 0 Å². The Labute approximate surface area is 327 Å². The second-order valence-electron chi connectivity index (χ2n) is 14.5. The Bertz CT molecular complexity index is 910. The monoisotopic (exact) mass is 770 g/mol. The van der Waals surface area contributed by atoms with Crippen LogP contribution in [0, 0.1) is 0 Å². The number of hydrogen-bond acceptors (Lipinski definition) is 7. The lowest BCUT2D eigenvalue weighted by Crippen LogP contribution is -2.28. The number of ether oxygens (including phenoxy) is 2. The van der Waals surface area contributed by atoms with Gasteiger partial charge in [-0.15, -0.1) is 0 Å². The lowest BCUT2D eigenvalue weighted by atomic mass is 10.0. The number of phosphoric acid groups is 1. The minimum atomic E-state index is -4.28. The van der Waals surface area contributed by atoms with E-state index in [1.54, 1.807) is 0 Å². The summed E-state index contributed by atoms with van der Waals surface area (Å²) in [5.41, 5.74) is 5.37. The fraction of sp³-hybridized carbons (Fsp3) is 0.841. The van der Waals surface area contributed by atoms with Crippen molar-refractivity contribution < 1.29 is 32.8 Å². The average Bonchev–Trinajstić information content (AvgIpc) is 3.15. The molecule has 3 N–H and O–H groups in total. The number of rotatable bonds is 42. The lowest BCUT2D eigenvalue weighted by molar-refractivity contribution is -0.154. The molecule has 0 aromatic rings. The summed E-state index contributed by atoms with van der Waals surface area (Å²) < 4.78 is 33.4. The quantitative estimate of drug-likeness (QED) is 0.0273. The molecule has 0 radical (unpaired) electrons. The number of carbonyl (C=O) groups excluding carboxylic acids is 1. The number of esters is 1. The molecule has 53 heavy (non-hydrogen) atoms. The number of unbranched alkanes of at least 4 members (excludes halogenated alkanes) is 23. The number of hydrogen-bond donors (Lipinski definition) is 2. The van der Waals surface area contributed by atoms with Gasteiger partial charge in [0, 0.05) is 19.6 Å². The predicted octanol–water partition coefficient (Wildman–Crippen LogP) is 13.0. The molecule has 0 amide bonds. The van der Waals surface area contributed by atoms with Crippen molar-refractivity contribution in [1.82, 2.24) is 0 Å². The SMILES string of the molecule is CC/C=C\C/C=C\C/C=C\CCCCCCOCC(COP(=O)(O)OCCN)OC(=O)CCCCCCCCCCCCCCCCCCCCCC. The van der Waals surface area contributed by atoms with Crippen LogP contribution in [0.5, 0.6) is 0 Å². The molecule has 9 heteroatoms. The molecule has 0 spiro atoms. The topological polar surface area (TPSA) is 117 Å². The van der Waals surface area contributed by atoms with E-state index in [1.165, 1.54) is 109 Å². The maximum Gasteiger partial charge on any atom is 0.472 e. The Morgan fingerprint density at radius 1 is 0.585 bits per heavy atom. The van der Waals surface area contributed by atoms with E-state index in [-0.39, 0.29) is 32.3 Å². The van der Waals surface area contributed by atoms with E-state index in [1.807, 2.05) is 0 Å². The number of nitrogens with two attached hydrogens (primary N) is 1. The van der Waals surface area contributed by atoms with Crippen molar-refractivity contribution >= 4 is 13.8 Å². The number of phosphoric ester groups is 1. The van der Waals surface area contributed by atoms with Crippen molar-refractivity contribution in [3.8, 4) is 0 Å². The van der Waals surface area contributed by atoms with Gasteiger partial charge >= 0.3 is 13.8 Å². The number of carbonyl (C=O) groups is 1. The Hall–Kier alpha value is -1.28. The molecule has 0 aliphatic carbocycles. The summed E-state index contributed by atoms with van der Waals surface area (Å²) in [7, 11) is -4.28. The second kappa shape index (κ2) is 41.9. The summed E-state index contributed by atoms with van der Waals surface area (Å²) >= 11 is 0. The van der Waals surface area contributed by atoms with Gasteiger partial charge in [0.2, 0.25) is 0 Å². The van der Waals surface area contributed by atoms with E-state index in [4.69, 9.17) is 24.3 Å². The molecule has 0 aromatic heterocycles. The molecular formula is C44H84NO7P. The van der Waals surface area contributed by atoms with Crippen LogP contribution in [-0.2, 0) is 27.9 Å². The zero-order chi connectivity index (χ0) is 38.8. The molecule has 2 atom stereocenters. The van der Waals surface area contributed by atoms with Crippen LogP contribution in [0.25, 0.3) is 0 Å². The first-order chi connectivity index (χ1) is 25.9. The predicted molar refractivity (Wildman–Crippen MR) is 224 cm³/mol. The lowest BCUT2D eigenvalue weighted by Gasteiger charge is -2.20. The summed E-state index contributed by atoms with van der Waals surface area (Å²) in [5.74, 6) is -0.336. The standard InChI is InChI=1S/C44H84NO7P/c1-3-5-7-9-11-13-15-17-19-20-21-22-23-24-25-27-29-31-33-35-37-44(46)52-43(42-51-53(47,48)50-40-38-45)41-49-39-36-34-32-30-28-26-18-16-14-12-10-8-6-4-2/h6,8,12,14,18,26,43H,3-5,7,9-11,13,15-17,19-25,27-42,45H2,1-2H3,(H,47,48)/b8-6-,14-12-,26-18-. The highest BCUT2D eigenvalue weighted by Gasteiger charge is 2.25. The van der Waals surface area contributed by atoms with Gasteiger partial charge in [0.25, 0.3) is 0 Å². The average molecular weight is 770 g/mol. The molecule has 8 nitrogen and oxygen atoms in total. The second-order valence-corrected chi connectivity index (χ2v) is 16.0. The summed E-state index contributed by atoms with van der Waals surface area (Å²) in [5, 5.41) is 0. The van der Waals surface area contributed by atoms with Gasteiger partial charge in [-0.05, 0) is 44.9 Å². The third-order valence-corrected chi connectivity index (χ3v) is 10.3. The molecule has 0 bridgehead atoms. The van der Waals surface area contributed by atoms with Gasteiger partial charge in [-0.25, -0.2) is 4.57 Å². The zero-order valence-corrected chi connectivity index (χ0v) is 35.4. The highest BCUT2D eigenvalue weighted by atomic mass is 31.2. The Balaban J connectivity index is 3.99. The molecule has 0 saturated heterocycles. The molecule has 0 heterocycles. The molecule has 0 rings (SSSR count). The maximum absolute atomic E-state index is 12.6. The smallest absolute Gasteiger partial charge is 0.457 e. The Morgan fingerprint density at radius 2 is 1.06 bits per heavy atom. The van der Waals surface area contributed by atoms with Crippen LogP contribution in [0.4, 0.5) is 0 Å². The number of allylic oxidation sites excluding steroid dienone is 6. The van der Waals surface area contributed by atoms with Crippen LogP contribution in [0.3, 0.4) is 0 Å². The first-order valence-corrected chi connectivity index (χ1v) is 23.5. The van der Waals surface area contributed by atoms with Crippen LogP contribution in [0.1, 0.15) is 200 Å². The van der Waals surface area contributed by atoms with Crippen LogP contribution in [0.15, 0.2) is 36.5 Å². The van der Waals surface area contributed by atoms with E-state index in [2.05, 4.69) is 50.3 Å². The van der Waals surface area contributed by atoms with Crippen molar-refractivity contribution in [2.45, 2.75) is 206 Å². The van der Waals surface area contributed by atoms with Gasteiger partial charge in [0.15, 0.2) is 0 Å². The summed E-state index contributed by atoms with van der Waals surface area (Å²) in [6, 6.07) is 0. The first kappa shape index (κ1) is 51.7. The van der Waals surface area contributed by atoms with Gasteiger partial charge < -0.3 is 20.1 Å². The summed E-state index contributed by atoms with van der Waals surface area (Å²) in [4.78, 5) is 22.5. The summed E-state index contributed by atoms with van der Waals surface area (Å²) in [6.45, 7) is 4.78. The van der Waals surface area contributed by atoms with Gasteiger partial charge in [0.05, 0.1) is 19.8 Å². The molecule has 0 fully saturated rings. The van der Waals surface area contributed by atoms with Crippen LogP contribution in [-0.4, -0.2) is 49.9 Å². The normalized spacial score (nSPS) is 13.8. The minimum Gasteiger partial charge on any atom is -0.457 e. The van der Waals surface area contributed by atoms with Crippen molar-refractivity contribution in [1.29, 1.82) is 0 Å². The maximum atomic E-state index is 12.6. The minimum absolute atomic E-state index is 0.0970. The van der Waals surface area contributed by atoms with E-state index < -0.39 is 13.9 Å². The highest BCUT2D eigenvalue weighted by molar-refractivity contribution is 7.47. The molecule has 2 unspecified atom stereocenters. The molecule has 0 aliphatic heterocycles. The fourth-order valence-electron chi connectivity index (χ4n) is 6.13. The fourth-order valence-corrected chi connectivity index (χ4v) is 6.89. The van der Waals surface area contributed by atoms with Crippen LogP contribution < -0.4 is 5.73 Å². The molecule has 312 valence electrons. The van der Waals surface area contributed by atoms with Crippen molar-refractivity contribution in [3.05, 3.63) is 36.5 Å². The zero-order valence-electron chi connectivity index (χ0n) is 34.5.